The summed E-state index contributed by atoms with van der Waals surface area (Å²) in [5.74, 6) is 0. The molecule has 0 amide bonds. The largest absolute Gasteiger partial charge is 0.324 e. The van der Waals surface area contributed by atoms with Crippen molar-refractivity contribution in [2.45, 2.75) is 19.4 Å². The van der Waals surface area contributed by atoms with Crippen LogP contribution in [-0.2, 0) is 0 Å². The van der Waals surface area contributed by atoms with Crippen molar-refractivity contribution in [3.05, 3.63) is 11.6 Å². The van der Waals surface area contributed by atoms with Crippen molar-refractivity contribution in [1.29, 1.82) is 0 Å². The second kappa shape index (κ2) is 2.99. The number of hydrogen-bond donors (Lipinski definition) is 2. The van der Waals surface area contributed by atoms with E-state index in [4.69, 9.17) is 5.73 Å². The molecule has 2 heteroatoms. The van der Waals surface area contributed by atoms with Crippen LogP contribution in [0.25, 0.3) is 0 Å². The van der Waals surface area contributed by atoms with Crippen LogP contribution in [0, 0.1) is 0 Å². The molecular formula is C7H14N2. The third kappa shape index (κ3) is 1.53. The van der Waals surface area contributed by atoms with Crippen molar-refractivity contribution in [1.82, 2.24) is 5.32 Å². The van der Waals surface area contributed by atoms with E-state index in [1.807, 2.05) is 6.92 Å². The van der Waals surface area contributed by atoms with Gasteiger partial charge in [-0.25, -0.2) is 0 Å². The number of nitrogens with two attached hydrogens (primary N) is 1. The fourth-order valence-electron chi connectivity index (χ4n) is 1.12. The Bertz CT molecular complexity index is 118. The predicted octanol–water partition coefficient (Wildman–Crippen LogP) is 0.253. The molecule has 3 N–H and O–H groups in total. The lowest BCUT2D eigenvalue weighted by Crippen LogP contribution is -2.38. The van der Waals surface area contributed by atoms with Gasteiger partial charge < -0.3 is 11.1 Å². The molecule has 9 heavy (non-hydrogen) atoms. The van der Waals surface area contributed by atoms with E-state index in [1.54, 1.807) is 0 Å². The van der Waals surface area contributed by atoms with Crippen LogP contribution in [0.4, 0.5) is 0 Å². The molecule has 1 atom stereocenters. The van der Waals surface area contributed by atoms with E-state index in [2.05, 4.69) is 11.4 Å². The monoisotopic (exact) mass is 126 g/mol. The highest BCUT2D eigenvalue weighted by Gasteiger charge is 2.11. The van der Waals surface area contributed by atoms with E-state index in [9.17, 15) is 0 Å². The average molecular weight is 126 g/mol. The Morgan fingerprint density at radius 2 is 2.56 bits per heavy atom. The van der Waals surface area contributed by atoms with Crippen molar-refractivity contribution in [3.8, 4) is 0 Å². The maximum absolute atomic E-state index is 5.78. The molecule has 0 bridgehead atoms. The van der Waals surface area contributed by atoms with Gasteiger partial charge in [-0.05, 0) is 25.5 Å². The zero-order valence-corrected chi connectivity index (χ0v) is 5.85. The lowest BCUT2D eigenvalue weighted by Gasteiger charge is -2.22. The third-order valence-corrected chi connectivity index (χ3v) is 1.81. The molecule has 0 aromatic rings. The molecule has 1 aliphatic heterocycles. The Kier molecular flexibility index (Phi) is 2.25. The first-order valence-corrected chi connectivity index (χ1v) is 3.46. The van der Waals surface area contributed by atoms with Gasteiger partial charge in [0.25, 0.3) is 0 Å². The molecule has 0 saturated carbocycles. The summed E-state index contributed by atoms with van der Waals surface area (Å²) in [4.78, 5) is 0. The molecule has 0 aromatic heterocycles. The molecule has 0 spiro atoms. The fraction of sp³-hybridized carbons (Fsp3) is 0.714. The summed E-state index contributed by atoms with van der Waals surface area (Å²) >= 11 is 0. The average Bonchev–Trinajstić information content (AvgIpc) is 1.89. The number of piperidine rings is 1. The smallest absolute Gasteiger partial charge is 0.0278 e. The Balaban J connectivity index is 2.49. The van der Waals surface area contributed by atoms with Gasteiger partial charge in [0.05, 0.1) is 0 Å². The first kappa shape index (κ1) is 6.78. The Labute approximate surface area is 56.1 Å². The van der Waals surface area contributed by atoms with Crippen molar-refractivity contribution < 1.29 is 0 Å². The maximum Gasteiger partial charge on any atom is 0.0278 e. The van der Waals surface area contributed by atoms with Crippen LogP contribution in [0.1, 0.15) is 13.3 Å². The summed E-state index contributed by atoms with van der Waals surface area (Å²) in [6.07, 6.45) is 3.19. The molecule has 1 saturated heterocycles. The van der Waals surface area contributed by atoms with Gasteiger partial charge in [-0.15, -0.1) is 0 Å². The number of hydrogen-bond acceptors (Lipinski definition) is 2. The number of allylic oxidation sites excluding steroid dienone is 1. The minimum Gasteiger partial charge on any atom is -0.324 e. The van der Waals surface area contributed by atoms with Crippen molar-refractivity contribution in [2.24, 2.45) is 5.73 Å². The van der Waals surface area contributed by atoms with Crippen molar-refractivity contribution >= 4 is 0 Å². The van der Waals surface area contributed by atoms with E-state index in [0.29, 0.717) is 6.04 Å². The molecule has 1 rings (SSSR count). The summed E-state index contributed by atoms with van der Waals surface area (Å²) < 4.78 is 0. The molecule has 1 aliphatic rings. The van der Waals surface area contributed by atoms with E-state index < -0.39 is 0 Å². The second-order valence-corrected chi connectivity index (χ2v) is 2.44. The highest BCUT2D eigenvalue weighted by atomic mass is 14.9. The number of nitrogens with one attached hydrogen (secondary N) is 1. The van der Waals surface area contributed by atoms with E-state index in [1.165, 1.54) is 5.57 Å². The van der Waals surface area contributed by atoms with Crippen LogP contribution in [0.3, 0.4) is 0 Å². The zero-order chi connectivity index (χ0) is 6.69. The summed E-state index contributed by atoms with van der Waals surface area (Å²) in [5, 5.41) is 3.27. The van der Waals surface area contributed by atoms with Gasteiger partial charge >= 0.3 is 0 Å². The quantitative estimate of drug-likeness (QED) is 0.457. The van der Waals surface area contributed by atoms with Gasteiger partial charge in [-0.1, -0.05) is 6.08 Å². The highest BCUT2D eigenvalue weighted by molar-refractivity contribution is 5.13. The van der Waals surface area contributed by atoms with E-state index >= 15 is 0 Å². The molecule has 1 heterocycles. The van der Waals surface area contributed by atoms with Gasteiger partial charge in [0, 0.05) is 12.6 Å². The third-order valence-electron chi connectivity index (χ3n) is 1.81. The summed E-state index contributed by atoms with van der Waals surface area (Å²) in [5.41, 5.74) is 7.13. The van der Waals surface area contributed by atoms with Gasteiger partial charge in [-0.3, -0.25) is 0 Å². The maximum atomic E-state index is 5.78. The first-order chi connectivity index (χ1) is 4.34. The van der Waals surface area contributed by atoms with Gasteiger partial charge in [0.15, 0.2) is 0 Å². The molecule has 1 fully saturated rings. The van der Waals surface area contributed by atoms with Crippen LogP contribution in [0.5, 0.6) is 0 Å². The number of rotatable bonds is 0. The van der Waals surface area contributed by atoms with Gasteiger partial charge in [0.1, 0.15) is 0 Å². The Hall–Kier alpha value is -0.340. The minimum absolute atomic E-state index is 0.316. The topological polar surface area (TPSA) is 38.0 Å². The molecule has 0 radical (unpaired) electrons. The summed E-state index contributed by atoms with van der Waals surface area (Å²) in [6.45, 7) is 4.10. The fourth-order valence-corrected chi connectivity index (χ4v) is 1.12. The van der Waals surface area contributed by atoms with Crippen LogP contribution in [0.2, 0.25) is 0 Å². The van der Waals surface area contributed by atoms with E-state index in [0.717, 1.165) is 19.5 Å². The predicted molar refractivity (Wildman–Crippen MR) is 39.2 cm³/mol. The SMILES string of the molecule is C/C=C1/CNCCC1N. The highest BCUT2D eigenvalue weighted by Crippen LogP contribution is 2.05. The minimum atomic E-state index is 0.316. The van der Waals surface area contributed by atoms with Gasteiger partial charge in [0.2, 0.25) is 0 Å². The first-order valence-electron chi connectivity index (χ1n) is 3.46. The lowest BCUT2D eigenvalue weighted by atomic mass is 10.0. The molecule has 52 valence electrons. The Morgan fingerprint density at radius 1 is 1.78 bits per heavy atom. The molecular weight excluding hydrogens is 112 g/mol. The van der Waals surface area contributed by atoms with Crippen LogP contribution in [0.15, 0.2) is 11.6 Å². The molecule has 2 nitrogen and oxygen atoms in total. The molecule has 0 aliphatic carbocycles. The van der Waals surface area contributed by atoms with Crippen LogP contribution >= 0.6 is 0 Å². The van der Waals surface area contributed by atoms with Crippen molar-refractivity contribution in [2.75, 3.05) is 13.1 Å². The Morgan fingerprint density at radius 3 is 3.00 bits per heavy atom. The molecule has 0 aromatic carbocycles. The second-order valence-electron chi connectivity index (χ2n) is 2.44. The summed E-state index contributed by atoms with van der Waals surface area (Å²) in [6, 6.07) is 0.316. The normalized spacial score (nSPS) is 33.1. The van der Waals surface area contributed by atoms with Gasteiger partial charge in [-0.2, -0.15) is 0 Å². The zero-order valence-electron chi connectivity index (χ0n) is 5.85. The molecule has 1 unspecified atom stereocenters. The summed E-state index contributed by atoms with van der Waals surface area (Å²) in [7, 11) is 0. The standard InChI is InChI=1S/C7H14N2/c1-2-6-5-9-4-3-7(6)8/h2,7,9H,3-5,8H2,1H3/b6-2-. The lowest BCUT2D eigenvalue weighted by molar-refractivity contribution is 0.548. The van der Waals surface area contributed by atoms with Crippen LogP contribution in [-0.4, -0.2) is 19.1 Å². The van der Waals surface area contributed by atoms with Crippen molar-refractivity contribution in [3.63, 3.8) is 0 Å². The van der Waals surface area contributed by atoms with Crippen LogP contribution < -0.4 is 11.1 Å². The van der Waals surface area contributed by atoms with E-state index in [-0.39, 0.29) is 0 Å².